The van der Waals surface area contributed by atoms with E-state index in [1.807, 2.05) is 17.8 Å². The molecule has 0 aliphatic heterocycles. The number of ether oxygens (including phenoxy) is 1. The number of hydrogen-bond acceptors (Lipinski definition) is 3. The van der Waals surface area contributed by atoms with Crippen LogP contribution in [0.4, 0.5) is 0 Å². The van der Waals surface area contributed by atoms with Gasteiger partial charge in [-0.05, 0) is 36.8 Å². The van der Waals surface area contributed by atoms with Crippen molar-refractivity contribution in [2.75, 3.05) is 19.9 Å². The Hall–Kier alpha value is -0.670. The molecule has 1 aliphatic carbocycles. The van der Waals surface area contributed by atoms with Gasteiger partial charge in [-0.1, -0.05) is 25.0 Å². The first kappa shape index (κ1) is 13.8. The molecule has 0 aromatic heterocycles. The van der Waals surface area contributed by atoms with Gasteiger partial charge in [0, 0.05) is 17.8 Å². The van der Waals surface area contributed by atoms with Gasteiger partial charge < -0.3 is 10.1 Å². The summed E-state index contributed by atoms with van der Waals surface area (Å²) in [6.07, 6.45) is 7.75. The van der Waals surface area contributed by atoms with E-state index >= 15 is 0 Å². The highest BCUT2D eigenvalue weighted by molar-refractivity contribution is 8.00. The predicted octanol–water partition coefficient (Wildman–Crippen LogP) is 3.46. The van der Waals surface area contributed by atoms with Crippen LogP contribution in [0.1, 0.15) is 31.2 Å². The molecule has 0 amide bonds. The number of thioether (sulfide) groups is 1. The molecule has 100 valence electrons. The maximum Gasteiger partial charge on any atom is 0.119 e. The maximum atomic E-state index is 5.24. The zero-order chi connectivity index (χ0) is 12.8. The first-order chi connectivity index (χ1) is 8.78. The SMILES string of the molecule is COc1cccc(CNCC2(SC)CCCC2)c1. The van der Waals surface area contributed by atoms with E-state index in [0.29, 0.717) is 4.75 Å². The molecule has 0 unspecified atom stereocenters. The van der Waals surface area contributed by atoms with Gasteiger partial charge >= 0.3 is 0 Å². The molecule has 0 spiro atoms. The van der Waals surface area contributed by atoms with Crippen LogP contribution >= 0.6 is 11.8 Å². The van der Waals surface area contributed by atoms with Gasteiger partial charge in [-0.2, -0.15) is 11.8 Å². The van der Waals surface area contributed by atoms with E-state index in [-0.39, 0.29) is 0 Å². The number of benzene rings is 1. The lowest BCUT2D eigenvalue weighted by atomic mass is 10.1. The lowest BCUT2D eigenvalue weighted by Gasteiger charge is -2.27. The van der Waals surface area contributed by atoms with Gasteiger partial charge in [0.25, 0.3) is 0 Å². The first-order valence-electron chi connectivity index (χ1n) is 6.67. The van der Waals surface area contributed by atoms with Crippen LogP contribution in [0.3, 0.4) is 0 Å². The molecule has 1 aromatic carbocycles. The minimum absolute atomic E-state index is 0.485. The fraction of sp³-hybridized carbons (Fsp3) is 0.600. The van der Waals surface area contributed by atoms with Crippen molar-refractivity contribution >= 4 is 11.8 Å². The molecule has 3 heteroatoms. The molecule has 18 heavy (non-hydrogen) atoms. The van der Waals surface area contributed by atoms with E-state index in [2.05, 4.69) is 29.8 Å². The van der Waals surface area contributed by atoms with Crippen LogP contribution in [-0.2, 0) is 6.54 Å². The molecule has 1 fully saturated rings. The normalized spacial score (nSPS) is 17.9. The van der Waals surface area contributed by atoms with Crippen molar-refractivity contribution < 1.29 is 4.74 Å². The Morgan fingerprint density at radius 3 is 2.78 bits per heavy atom. The number of nitrogens with one attached hydrogen (secondary N) is 1. The van der Waals surface area contributed by atoms with Crippen LogP contribution in [0.5, 0.6) is 5.75 Å². The second-order valence-corrected chi connectivity index (χ2v) is 6.32. The molecule has 1 saturated carbocycles. The average Bonchev–Trinajstić information content (AvgIpc) is 2.88. The van der Waals surface area contributed by atoms with Crippen molar-refractivity contribution in [2.24, 2.45) is 0 Å². The van der Waals surface area contributed by atoms with Gasteiger partial charge in [0.15, 0.2) is 0 Å². The van der Waals surface area contributed by atoms with Gasteiger partial charge in [-0.3, -0.25) is 0 Å². The Labute approximate surface area is 114 Å². The molecular formula is C15H23NOS. The van der Waals surface area contributed by atoms with Gasteiger partial charge in [0.05, 0.1) is 7.11 Å². The third kappa shape index (κ3) is 3.42. The molecule has 0 atom stereocenters. The summed E-state index contributed by atoms with van der Waals surface area (Å²) in [5.41, 5.74) is 1.30. The lowest BCUT2D eigenvalue weighted by Crippen LogP contribution is -2.34. The summed E-state index contributed by atoms with van der Waals surface area (Å²) in [6, 6.07) is 8.29. The Bertz CT molecular complexity index is 375. The molecule has 0 bridgehead atoms. The zero-order valence-electron chi connectivity index (χ0n) is 11.4. The molecular weight excluding hydrogens is 242 g/mol. The summed E-state index contributed by atoms with van der Waals surface area (Å²) in [5, 5.41) is 3.61. The Balaban J connectivity index is 1.84. The molecule has 1 N–H and O–H groups in total. The molecule has 1 aliphatic rings. The minimum Gasteiger partial charge on any atom is -0.497 e. The van der Waals surface area contributed by atoms with Crippen molar-refractivity contribution in [1.29, 1.82) is 0 Å². The van der Waals surface area contributed by atoms with Crippen LogP contribution in [0.25, 0.3) is 0 Å². The van der Waals surface area contributed by atoms with Gasteiger partial charge in [-0.15, -0.1) is 0 Å². The van der Waals surface area contributed by atoms with E-state index in [9.17, 15) is 0 Å². The van der Waals surface area contributed by atoms with Crippen LogP contribution in [0.2, 0.25) is 0 Å². The molecule has 2 rings (SSSR count). The van der Waals surface area contributed by atoms with Crippen molar-refractivity contribution in [3.8, 4) is 5.75 Å². The smallest absolute Gasteiger partial charge is 0.119 e. The molecule has 0 radical (unpaired) electrons. The highest BCUT2D eigenvalue weighted by atomic mass is 32.2. The first-order valence-corrected chi connectivity index (χ1v) is 7.89. The highest BCUT2D eigenvalue weighted by Crippen LogP contribution is 2.39. The van der Waals surface area contributed by atoms with Crippen molar-refractivity contribution in [2.45, 2.75) is 37.0 Å². The Kier molecular flexibility index (Phi) is 4.95. The van der Waals surface area contributed by atoms with Gasteiger partial charge in [0.1, 0.15) is 5.75 Å². The highest BCUT2D eigenvalue weighted by Gasteiger charge is 2.32. The summed E-state index contributed by atoms with van der Waals surface area (Å²) in [7, 11) is 1.72. The fourth-order valence-electron chi connectivity index (χ4n) is 2.69. The molecule has 2 nitrogen and oxygen atoms in total. The summed E-state index contributed by atoms with van der Waals surface area (Å²) >= 11 is 2.04. The summed E-state index contributed by atoms with van der Waals surface area (Å²) in [6.45, 7) is 2.05. The van der Waals surface area contributed by atoms with E-state index in [1.165, 1.54) is 31.2 Å². The monoisotopic (exact) mass is 265 g/mol. The summed E-state index contributed by atoms with van der Waals surface area (Å²) in [4.78, 5) is 0. The average molecular weight is 265 g/mol. The third-order valence-electron chi connectivity index (χ3n) is 3.86. The summed E-state index contributed by atoms with van der Waals surface area (Å²) < 4.78 is 5.73. The van der Waals surface area contributed by atoms with E-state index in [1.54, 1.807) is 7.11 Å². The second-order valence-electron chi connectivity index (χ2n) is 5.05. The lowest BCUT2D eigenvalue weighted by molar-refractivity contribution is 0.414. The largest absolute Gasteiger partial charge is 0.497 e. The van der Waals surface area contributed by atoms with Crippen LogP contribution in [0, 0.1) is 0 Å². The van der Waals surface area contributed by atoms with Crippen molar-refractivity contribution in [1.82, 2.24) is 5.32 Å². The molecule has 0 heterocycles. The van der Waals surface area contributed by atoms with Crippen LogP contribution in [0.15, 0.2) is 24.3 Å². The van der Waals surface area contributed by atoms with E-state index in [4.69, 9.17) is 4.74 Å². The van der Waals surface area contributed by atoms with Crippen molar-refractivity contribution in [3.63, 3.8) is 0 Å². The standard InChI is InChI=1S/C15H23NOS/c1-17-14-7-5-6-13(10-14)11-16-12-15(18-2)8-3-4-9-15/h5-7,10,16H,3-4,8-9,11-12H2,1-2H3. The fourth-order valence-corrected chi connectivity index (χ4v) is 3.63. The zero-order valence-corrected chi connectivity index (χ0v) is 12.2. The molecule has 0 saturated heterocycles. The van der Waals surface area contributed by atoms with E-state index in [0.717, 1.165) is 18.8 Å². The Morgan fingerprint density at radius 2 is 2.11 bits per heavy atom. The quantitative estimate of drug-likeness (QED) is 0.851. The van der Waals surface area contributed by atoms with Crippen LogP contribution < -0.4 is 10.1 Å². The van der Waals surface area contributed by atoms with E-state index < -0.39 is 0 Å². The number of methoxy groups -OCH3 is 1. The minimum atomic E-state index is 0.485. The van der Waals surface area contributed by atoms with Crippen LogP contribution in [-0.4, -0.2) is 24.7 Å². The number of hydrogen-bond donors (Lipinski definition) is 1. The second kappa shape index (κ2) is 6.48. The predicted molar refractivity (Wildman–Crippen MR) is 79.4 cm³/mol. The third-order valence-corrected chi connectivity index (χ3v) is 5.28. The topological polar surface area (TPSA) is 21.3 Å². The summed E-state index contributed by atoms with van der Waals surface area (Å²) in [5.74, 6) is 0.940. The van der Waals surface area contributed by atoms with Gasteiger partial charge in [-0.25, -0.2) is 0 Å². The number of rotatable bonds is 6. The Morgan fingerprint density at radius 1 is 1.33 bits per heavy atom. The molecule has 1 aromatic rings. The van der Waals surface area contributed by atoms with Crippen molar-refractivity contribution in [3.05, 3.63) is 29.8 Å². The maximum absolute atomic E-state index is 5.24. The van der Waals surface area contributed by atoms with Gasteiger partial charge in [0.2, 0.25) is 0 Å².